The van der Waals surface area contributed by atoms with Gasteiger partial charge in [0.25, 0.3) is 0 Å². The zero-order chi connectivity index (χ0) is 15.1. The van der Waals surface area contributed by atoms with Gasteiger partial charge in [-0.15, -0.1) is 0 Å². The molecule has 3 amide bonds. The first-order chi connectivity index (χ1) is 8.65. The molecule has 0 unspecified atom stereocenters. The van der Waals surface area contributed by atoms with Gasteiger partial charge in [-0.2, -0.15) is 0 Å². The molecule has 0 bridgehead atoms. The Kier molecular flexibility index (Phi) is 7.01. The molecular formula is C9H17N3O6S. The van der Waals surface area contributed by atoms with Crippen molar-refractivity contribution in [1.29, 1.82) is 0 Å². The highest BCUT2D eigenvalue weighted by molar-refractivity contribution is 7.89. The summed E-state index contributed by atoms with van der Waals surface area (Å²) in [5.74, 6) is -2.18. The van der Waals surface area contributed by atoms with Crippen LogP contribution in [0, 0.1) is 0 Å². The van der Waals surface area contributed by atoms with E-state index in [1.807, 2.05) is 5.32 Å². The van der Waals surface area contributed by atoms with Crippen molar-refractivity contribution in [1.82, 2.24) is 14.9 Å². The number of imide groups is 1. The van der Waals surface area contributed by atoms with Crippen LogP contribution in [-0.2, 0) is 19.6 Å². The van der Waals surface area contributed by atoms with Gasteiger partial charge in [-0.05, 0) is 0 Å². The van der Waals surface area contributed by atoms with Crippen molar-refractivity contribution in [2.24, 2.45) is 0 Å². The molecule has 110 valence electrons. The van der Waals surface area contributed by atoms with Crippen molar-refractivity contribution in [2.75, 3.05) is 26.4 Å². The number of hydrogen-bond acceptors (Lipinski definition) is 5. The monoisotopic (exact) mass is 295 g/mol. The highest BCUT2D eigenvalue weighted by Gasteiger charge is 2.14. The van der Waals surface area contributed by atoms with E-state index in [0.717, 1.165) is 4.31 Å². The molecule has 0 aromatic rings. The van der Waals surface area contributed by atoms with Gasteiger partial charge >= 0.3 is 12.0 Å². The Balaban J connectivity index is 3.94. The summed E-state index contributed by atoms with van der Waals surface area (Å²) in [6.07, 6.45) is -0.702. The predicted molar refractivity (Wildman–Crippen MR) is 65.9 cm³/mol. The first kappa shape index (κ1) is 17.3. The number of amides is 3. The summed E-state index contributed by atoms with van der Waals surface area (Å²) in [6.45, 7) is -0.154. The summed E-state index contributed by atoms with van der Waals surface area (Å²) in [5, 5.41) is 12.4. The fourth-order valence-electron chi connectivity index (χ4n) is 0.930. The van der Waals surface area contributed by atoms with E-state index in [-0.39, 0.29) is 25.1 Å². The molecule has 0 aromatic heterocycles. The number of carbonyl (C=O) groups is 3. The van der Waals surface area contributed by atoms with Crippen LogP contribution in [0.25, 0.3) is 0 Å². The normalized spacial score (nSPS) is 11.1. The first-order valence-electron chi connectivity index (χ1n) is 5.35. The van der Waals surface area contributed by atoms with E-state index >= 15 is 0 Å². The molecule has 0 radical (unpaired) electrons. The number of sulfonamides is 1. The van der Waals surface area contributed by atoms with Crippen LogP contribution >= 0.6 is 0 Å². The maximum atomic E-state index is 11.3. The SMILES string of the molecule is CN(C)S(=O)(=O)CCNC(=O)NC(=O)CCC(=O)O. The summed E-state index contributed by atoms with van der Waals surface area (Å²) in [4.78, 5) is 32.4. The van der Waals surface area contributed by atoms with Crippen LogP contribution in [-0.4, -0.2) is 62.1 Å². The molecule has 3 N–H and O–H groups in total. The predicted octanol–water partition coefficient (Wildman–Crippen LogP) is -1.43. The van der Waals surface area contributed by atoms with Gasteiger partial charge in [-0.25, -0.2) is 17.5 Å². The second kappa shape index (κ2) is 7.69. The van der Waals surface area contributed by atoms with E-state index in [0.29, 0.717) is 0 Å². The van der Waals surface area contributed by atoms with Crippen molar-refractivity contribution in [3.63, 3.8) is 0 Å². The lowest BCUT2D eigenvalue weighted by Crippen LogP contribution is -2.42. The summed E-state index contributed by atoms with van der Waals surface area (Å²) < 4.78 is 23.7. The minimum absolute atomic E-state index is 0.154. The van der Waals surface area contributed by atoms with Gasteiger partial charge < -0.3 is 10.4 Å². The van der Waals surface area contributed by atoms with Crippen LogP contribution < -0.4 is 10.6 Å². The number of aliphatic carboxylic acids is 1. The van der Waals surface area contributed by atoms with Gasteiger partial charge in [-0.3, -0.25) is 14.9 Å². The molecule has 0 atom stereocenters. The molecule has 0 saturated carbocycles. The van der Waals surface area contributed by atoms with E-state index in [1.165, 1.54) is 14.1 Å². The minimum atomic E-state index is -3.42. The third-order valence-electron chi connectivity index (χ3n) is 2.02. The Morgan fingerprint density at radius 1 is 1.16 bits per heavy atom. The number of nitrogens with zero attached hydrogens (tertiary/aromatic N) is 1. The lowest BCUT2D eigenvalue weighted by Gasteiger charge is -2.11. The molecular weight excluding hydrogens is 278 g/mol. The van der Waals surface area contributed by atoms with Crippen LogP contribution in [0.15, 0.2) is 0 Å². The molecule has 0 aliphatic heterocycles. The summed E-state index contributed by atoms with van der Waals surface area (Å²) in [5.41, 5.74) is 0. The molecule has 10 heteroatoms. The van der Waals surface area contributed by atoms with E-state index in [4.69, 9.17) is 5.11 Å². The molecule has 9 nitrogen and oxygen atoms in total. The van der Waals surface area contributed by atoms with Crippen molar-refractivity contribution in [2.45, 2.75) is 12.8 Å². The fraction of sp³-hybridized carbons (Fsp3) is 0.667. The van der Waals surface area contributed by atoms with Gasteiger partial charge in [-0.1, -0.05) is 0 Å². The number of carboxylic acid groups (broad SMARTS) is 1. The quantitative estimate of drug-likeness (QED) is 0.527. The molecule has 0 spiro atoms. The zero-order valence-corrected chi connectivity index (χ0v) is 11.5. The third kappa shape index (κ3) is 8.11. The molecule has 0 aliphatic carbocycles. The molecule has 19 heavy (non-hydrogen) atoms. The van der Waals surface area contributed by atoms with E-state index in [1.54, 1.807) is 0 Å². The highest BCUT2D eigenvalue weighted by Crippen LogP contribution is 1.92. The second-order valence-electron chi connectivity index (χ2n) is 3.80. The molecule has 0 fully saturated rings. The van der Waals surface area contributed by atoms with Crippen molar-refractivity contribution in [3.8, 4) is 0 Å². The van der Waals surface area contributed by atoms with Crippen LogP contribution in [0.1, 0.15) is 12.8 Å². The van der Waals surface area contributed by atoms with Crippen molar-refractivity contribution < 1.29 is 27.9 Å². The Morgan fingerprint density at radius 2 is 1.74 bits per heavy atom. The Bertz CT molecular complexity index is 445. The Labute approximate surface area is 111 Å². The maximum Gasteiger partial charge on any atom is 0.321 e. The van der Waals surface area contributed by atoms with Crippen molar-refractivity contribution >= 4 is 27.9 Å². The molecule has 0 aliphatic rings. The van der Waals surface area contributed by atoms with Gasteiger partial charge in [0, 0.05) is 27.1 Å². The maximum absolute atomic E-state index is 11.3. The number of nitrogens with one attached hydrogen (secondary N) is 2. The number of carbonyl (C=O) groups excluding carboxylic acids is 2. The van der Waals surface area contributed by atoms with Gasteiger partial charge in [0.05, 0.1) is 12.2 Å². The average molecular weight is 295 g/mol. The van der Waals surface area contributed by atoms with E-state index < -0.39 is 27.9 Å². The summed E-state index contributed by atoms with van der Waals surface area (Å²) in [6, 6.07) is -0.857. The van der Waals surface area contributed by atoms with Gasteiger partial charge in [0.1, 0.15) is 0 Å². The average Bonchev–Trinajstić information content (AvgIpc) is 2.25. The van der Waals surface area contributed by atoms with Crippen LogP contribution in [0.4, 0.5) is 4.79 Å². The third-order valence-corrected chi connectivity index (χ3v) is 3.85. The van der Waals surface area contributed by atoms with Crippen LogP contribution in [0.3, 0.4) is 0 Å². The van der Waals surface area contributed by atoms with Crippen LogP contribution in [0.2, 0.25) is 0 Å². The first-order valence-corrected chi connectivity index (χ1v) is 6.95. The Morgan fingerprint density at radius 3 is 2.21 bits per heavy atom. The van der Waals surface area contributed by atoms with Gasteiger partial charge in [0.2, 0.25) is 15.9 Å². The number of hydrogen-bond donors (Lipinski definition) is 3. The lowest BCUT2D eigenvalue weighted by molar-refractivity contribution is -0.138. The topological polar surface area (TPSA) is 133 Å². The molecule has 0 saturated heterocycles. The van der Waals surface area contributed by atoms with E-state index in [9.17, 15) is 22.8 Å². The Hall–Kier alpha value is -1.68. The second-order valence-corrected chi connectivity index (χ2v) is 6.10. The highest BCUT2D eigenvalue weighted by atomic mass is 32.2. The number of rotatable bonds is 7. The molecule has 0 aromatic carbocycles. The largest absolute Gasteiger partial charge is 0.481 e. The smallest absolute Gasteiger partial charge is 0.321 e. The zero-order valence-electron chi connectivity index (χ0n) is 10.7. The van der Waals surface area contributed by atoms with Gasteiger partial charge in [0.15, 0.2) is 0 Å². The van der Waals surface area contributed by atoms with Crippen molar-refractivity contribution in [3.05, 3.63) is 0 Å². The van der Waals surface area contributed by atoms with Crippen LogP contribution in [0.5, 0.6) is 0 Å². The molecule has 0 heterocycles. The standard InChI is InChI=1S/C9H17N3O6S/c1-12(2)19(17,18)6-5-10-9(16)11-7(13)3-4-8(14)15/h3-6H2,1-2H3,(H,14,15)(H2,10,11,13,16). The lowest BCUT2D eigenvalue weighted by atomic mass is 10.3. The number of carboxylic acids is 1. The summed E-state index contributed by atoms with van der Waals surface area (Å²) >= 11 is 0. The number of urea groups is 1. The van der Waals surface area contributed by atoms with E-state index in [2.05, 4.69) is 5.32 Å². The molecule has 0 rings (SSSR count). The summed E-state index contributed by atoms with van der Waals surface area (Å²) in [7, 11) is -0.684. The minimum Gasteiger partial charge on any atom is -0.481 e. The fourth-order valence-corrected chi connectivity index (χ4v) is 1.66.